The summed E-state index contributed by atoms with van der Waals surface area (Å²) in [7, 11) is 1.47. The van der Waals surface area contributed by atoms with E-state index in [0.717, 1.165) is 11.8 Å². The van der Waals surface area contributed by atoms with Crippen LogP contribution in [0.3, 0.4) is 0 Å². The van der Waals surface area contributed by atoms with Crippen molar-refractivity contribution in [3.05, 3.63) is 86.5 Å². The first-order valence-electron chi connectivity index (χ1n) is 9.31. The third kappa shape index (κ3) is 4.32. The Labute approximate surface area is 182 Å². The molecule has 9 nitrogen and oxygen atoms in total. The number of carbonyl (C=O) groups is 1. The minimum Gasteiger partial charge on any atom is -0.495 e. The number of nitrogens with zero attached hydrogens (tertiary/aromatic N) is 4. The molecular formula is C22H18FN5O4. The number of hydrogen-bond donors (Lipinski definition) is 1. The second kappa shape index (κ2) is 9.09. The molecule has 3 rings (SSSR count). The normalized spacial score (nSPS) is 10.7. The van der Waals surface area contributed by atoms with Crippen LogP contribution in [-0.4, -0.2) is 28.7 Å². The zero-order chi connectivity index (χ0) is 23.4. The van der Waals surface area contributed by atoms with Gasteiger partial charge in [-0.25, -0.2) is 9.82 Å². The second-order valence-corrected chi connectivity index (χ2v) is 6.78. The first-order valence-corrected chi connectivity index (χ1v) is 9.31. The first kappa shape index (κ1) is 22.2. The van der Waals surface area contributed by atoms with Gasteiger partial charge in [-0.2, -0.15) is 10.4 Å². The Balaban J connectivity index is 1.88. The Morgan fingerprint density at radius 3 is 2.66 bits per heavy atom. The van der Waals surface area contributed by atoms with Gasteiger partial charge >= 0.3 is 0 Å². The molecule has 0 fully saturated rings. The van der Waals surface area contributed by atoms with Crippen molar-refractivity contribution in [1.29, 1.82) is 5.26 Å². The van der Waals surface area contributed by atoms with E-state index in [0.29, 0.717) is 22.7 Å². The number of benzene rings is 2. The molecule has 0 aliphatic carbocycles. The average Bonchev–Trinajstić information content (AvgIpc) is 3.05. The monoisotopic (exact) mass is 435 g/mol. The van der Waals surface area contributed by atoms with E-state index in [1.807, 2.05) is 6.92 Å². The summed E-state index contributed by atoms with van der Waals surface area (Å²) in [4.78, 5) is 22.9. The summed E-state index contributed by atoms with van der Waals surface area (Å²) in [6.45, 7) is 3.60. The standard InChI is InChI=1S/C22H18FN5O4/c1-13-8-16(12-25-26-22(29)18-6-4-15(11-24)9-19(18)23)14(2)27(13)20-10-17(28(30)31)5-7-21(20)32-3/h4-10,12H,1-3H3,(H,26,29)/b25-12-. The lowest BCUT2D eigenvalue weighted by Gasteiger charge is -2.13. The van der Waals surface area contributed by atoms with Gasteiger partial charge in [0.25, 0.3) is 11.6 Å². The number of nitrogens with one attached hydrogen (secondary N) is 1. The molecule has 3 aromatic rings. The quantitative estimate of drug-likeness (QED) is 0.359. The number of nitro benzene ring substituents is 1. The Bertz CT molecular complexity index is 1290. The summed E-state index contributed by atoms with van der Waals surface area (Å²) in [6, 6.07) is 11.4. The molecule has 1 N–H and O–H groups in total. The van der Waals surface area contributed by atoms with Crippen LogP contribution >= 0.6 is 0 Å². The van der Waals surface area contributed by atoms with Crippen LogP contribution in [0.15, 0.2) is 47.6 Å². The number of amides is 1. The predicted molar refractivity (Wildman–Crippen MR) is 115 cm³/mol. The summed E-state index contributed by atoms with van der Waals surface area (Å²) in [5, 5.41) is 23.9. The van der Waals surface area contributed by atoms with Crippen LogP contribution in [0.5, 0.6) is 5.75 Å². The van der Waals surface area contributed by atoms with E-state index in [1.54, 1.807) is 23.6 Å². The van der Waals surface area contributed by atoms with Crippen LogP contribution in [0.1, 0.15) is 32.9 Å². The number of non-ortho nitro benzene ring substituents is 1. The summed E-state index contributed by atoms with van der Waals surface area (Å²) < 4.78 is 21.1. The highest BCUT2D eigenvalue weighted by atomic mass is 19.1. The molecule has 2 aromatic carbocycles. The Morgan fingerprint density at radius 2 is 2.03 bits per heavy atom. The zero-order valence-electron chi connectivity index (χ0n) is 17.4. The van der Waals surface area contributed by atoms with Gasteiger partial charge in [-0.15, -0.1) is 0 Å². The fraction of sp³-hybridized carbons (Fsp3) is 0.136. The SMILES string of the molecule is COc1ccc([N+](=O)[O-])cc1-n1c(C)cc(/C=N\NC(=O)c2ccc(C#N)cc2F)c1C. The number of rotatable bonds is 6. The van der Waals surface area contributed by atoms with Crippen molar-refractivity contribution in [1.82, 2.24) is 9.99 Å². The van der Waals surface area contributed by atoms with Crippen molar-refractivity contribution in [2.24, 2.45) is 5.10 Å². The molecule has 162 valence electrons. The molecule has 32 heavy (non-hydrogen) atoms. The van der Waals surface area contributed by atoms with E-state index in [2.05, 4.69) is 10.5 Å². The van der Waals surface area contributed by atoms with E-state index in [1.165, 1.54) is 43.7 Å². The molecule has 0 aliphatic rings. The number of ether oxygens (including phenoxy) is 1. The number of aromatic nitrogens is 1. The molecule has 0 saturated heterocycles. The number of hydrazone groups is 1. The van der Waals surface area contributed by atoms with Crippen molar-refractivity contribution in [3.63, 3.8) is 0 Å². The largest absolute Gasteiger partial charge is 0.495 e. The maximum atomic E-state index is 14.0. The molecule has 0 spiro atoms. The Kier molecular flexibility index (Phi) is 6.30. The van der Waals surface area contributed by atoms with Crippen molar-refractivity contribution < 1.29 is 18.8 Å². The van der Waals surface area contributed by atoms with E-state index < -0.39 is 16.6 Å². The van der Waals surface area contributed by atoms with Gasteiger partial charge in [0, 0.05) is 29.1 Å². The van der Waals surface area contributed by atoms with Crippen LogP contribution in [0.2, 0.25) is 0 Å². The molecule has 1 heterocycles. The van der Waals surface area contributed by atoms with E-state index >= 15 is 0 Å². The number of hydrogen-bond acceptors (Lipinski definition) is 6. The summed E-state index contributed by atoms with van der Waals surface area (Å²) >= 11 is 0. The van der Waals surface area contributed by atoms with Crippen LogP contribution in [-0.2, 0) is 0 Å². The molecule has 0 saturated carbocycles. The third-order valence-electron chi connectivity index (χ3n) is 4.80. The van der Waals surface area contributed by atoms with Crippen LogP contribution in [0.25, 0.3) is 5.69 Å². The molecule has 0 radical (unpaired) electrons. The predicted octanol–water partition coefficient (Wildman–Crippen LogP) is 3.79. The van der Waals surface area contributed by atoms with E-state index in [9.17, 15) is 19.3 Å². The fourth-order valence-corrected chi connectivity index (χ4v) is 3.25. The van der Waals surface area contributed by atoms with Crippen molar-refractivity contribution in [2.45, 2.75) is 13.8 Å². The third-order valence-corrected chi connectivity index (χ3v) is 4.80. The van der Waals surface area contributed by atoms with Gasteiger partial charge < -0.3 is 9.30 Å². The van der Waals surface area contributed by atoms with Crippen LogP contribution < -0.4 is 10.2 Å². The summed E-state index contributed by atoms with van der Waals surface area (Å²) in [6.07, 6.45) is 1.39. The van der Waals surface area contributed by atoms with Gasteiger partial charge in [0.1, 0.15) is 11.6 Å². The number of halogens is 1. The molecule has 0 unspecified atom stereocenters. The topological polar surface area (TPSA) is 123 Å². The molecule has 0 bridgehead atoms. The number of methoxy groups -OCH3 is 1. The van der Waals surface area contributed by atoms with Crippen molar-refractivity contribution >= 4 is 17.8 Å². The maximum Gasteiger partial charge on any atom is 0.274 e. The highest BCUT2D eigenvalue weighted by molar-refractivity contribution is 5.95. The fourth-order valence-electron chi connectivity index (χ4n) is 3.25. The van der Waals surface area contributed by atoms with Gasteiger partial charge in [0.2, 0.25) is 0 Å². The number of carbonyl (C=O) groups excluding carboxylic acids is 1. The number of nitro groups is 1. The van der Waals surface area contributed by atoms with Gasteiger partial charge in [-0.1, -0.05) is 0 Å². The molecular weight excluding hydrogens is 417 g/mol. The minimum atomic E-state index is -0.826. The highest BCUT2D eigenvalue weighted by Crippen LogP contribution is 2.31. The van der Waals surface area contributed by atoms with Gasteiger partial charge in [-0.05, 0) is 44.2 Å². The lowest BCUT2D eigenvalue weighted by molar-refractivity contribution is -0.384. The first-order chi connectivity index (χ1) is 15.3. The van der Waals surface area contributed by atoms with Crippen LogP contribution in [0.4, 0.5) is 10.1 Å². The molecule has 10 heteroatoms. The van der Waals surface area contributed by atoms with E-state index in [4.69, 9.17) is 10.00 Å². The van der Waals surface area contributed by atoms with Crippen molar-refractivity contribution in [3.8, 4) is 17.5 Å². The lowest BCUT2D eigenvalue weighted by Crippen LogP contribution is -2.19. The highest BCUT2D eigenvalue weighted by Gasteiger charge is 2.17. The Morgan fingerprint density at radius 1 is 1.28 bits per heavy atom. The average molecular weight is 435 g/mol. The molecule has 0 atom stereocenters. The second-order valence-electron chi connectivity index (χ2n) is 6.78. The van der Waals surface area contributed by atoms with Crippen molar-refractivity contribution in [2.75, 3.05) is 7.11 Å². The van der Waals surface area contributed by atoms with Crippen LogP contribution in [0, 0.1) is 41.1 Å². The zero-order valence-corrected chi connectivity index (χ0v) is 17.4. The molecule has 1 aromatic heterocycles. The molecule has 0 aliphatic heterocycles. The number of nitriles is 1. The lowest BCUT2D eigenvalue weighted by atomic mass is 10.1. The van der Waals surface area contributed by atoms with Gasteiger partial charge in [0.15, 0.2) is 0 Å². The maximum absolute atomic E-state index is 14.0. The summed E-state index contributed by atoms with van der Waals surface area (Å²) in [5.41, 5.74) is 4.61. The summed E-state index contributed by atoms with van der Waals surface area (Å²) in [5.74, 6) is -1.14. The number of aryl methyl sites for hydroxylation is 1. The minimum absolute atomic E-state index is 0.0831. The van der Waals surface area contributed by atoms with E-state index in [-0.39, 0.29) is 16.8 Å². The smallest absolute Gasteiger partial charge is 0.274 e. The van der Waals surface area contributed by atoms with Gasteiger partial charge in [-0.3, -0.25) is 14.9 Å². The van der Waals surface area contributed by atoms with Gasteiger partial charge in [0.05, 0.1) is 41.1 Å². The molecule has 1 amide bonds. The Hall–Kier alpha value is -4.52.